The summed E-state index contributed by atoms with van der Waals surface area (Å²) >= 11 is 0. The van der Waals surface area contributed by atoms with Crippen LogP contribution in [0.3, 0.4) is 0 Å². The number of hydrogen-bond acceptors (Lipinski definition) is 5. The van der Waals surface area contributed by atoms with Crippen LogP contribution in [-0.4, -0.2) is 33.9 Å². The van der Waals surface area contributed by atoms with Crippen LogP contribution in [0.2, 0.25) is 0 Å². The molecule has 160 valence electrons. The van der Waals surface area contributed by atoms with Crippen LogP contribution in [0.15, 0.2) is 83.8 Å². The average molecular weight is 439 g/mol. The minimum atomic E-state index is -3.74. The molecule has 0 aromatic heterocycles. The maximum absolute atomic E-state index is 13.0. The van der Waals surface area contributed by atoms with Crippen molar-refractivity contribution in [1.82, 2.24) is 0 Å². The molecule has 0 spiro atoms. The molecular weight excluding hydrogens is 416 g/mol. The number of esters is 1. The number of sulfonamides is 1. The molecular formula is C23H22N2O5S. The van der Waals surface area contributed by atoms with Gasteiger partial charge in [0.25, 0.3) is 15.9 Å². The summed E-state index contributed by atoms with van der Waals surface area (Å²) in [6.07, 6.45) is 0. The summed E-state index contributed by atoms with van der Waals surface area (Å²) in [5.41, 5.74) is 1.72. The Hall–Kier alpha value is -3.65. The van der Waals surface area contributed by atoms with Crippen molar-refractivity contribution in [3.8, 4) is 0 Å². The van der Waals surface area contributed by atoms with E-state index in [1.165, 1.54) is 59.9 Å². The molecule has 0 radical (unpaired) electrons. The smallest absolute Gasteiger partial charge is 0.337 e. The minimum Gasteiger partial charge on any atom is -0.465 e. The fourth-order valence-electron chi connectivity index (χ4n) is 3.00. The number of methoxy groups -OCH3 is 1. The minimum absolute atomic E-state index is 0.124. The van der Waals surface area contributed by atoms with Crippen LogP contribution in [0, 0.1) is 0 Å². The van der Waals surface area contributed by atoms with Gasteiger partial charge in [0.2, 0.25) is 0 Å². The number of carbonyl (C=O) groups is 2. The average Bonchev–Trinajstić information content (AvgIpc) is 2.80. The van der Waals surface area contributed by atoms with Crippen molar-refractivity contribution in [3.05, 3.63) is 90.0 Å². The summed E-state index contributed by atoms with van der Waals surface area (Å²) < 4.78 is 32.0. The SMILES string of the molecule is CCN(c1ccccc1)S(=O)(=O)c1ccc(NC(=O)c2ccc(C(=O)OC)cc2)cc1. The van der Waals surface area contributed by atoms with Crippen LogP contribution >= 0.6 is 0 Å². The standard InChI is InChI=1S/C23H22N2O5S/c1-3-25(20-7-5-4-6-8-20)31(28,29)21-15-13-19(14-16-21)24-22(26)17-9-11-18(12-10-17)23(27)30-2/h4-16H,3H2,1-2H3,(H,24,26). The summed E-state index contributed by atoms with van der Waals surface area (Å²) in [6.45, 7) is 2.05. The van der Waals surface area contributed by atoms with E-state index in [9.17, 15) is 18.0 Å². The molecule has 0 atom stereocenters. The predicted octanol–water partition coefficient (Wildman–Crippen LogP) is 3.94. The second-order valence-electron chi connectivity index (χ2n) is 6.55. The molecule has 3 rings (SSSR count). The van der Waals surface area contributed by atoms with Crippen molar-refractivity contribution in [1.29, 1.82) is 0 Å². The highest BCUT2D eigenvalue weighted by Crippen LogP contribution is 2.24. The molecule has 0 saturated carbocycles. The van der Waals surface area contributed by atoms with Crippen molar-refractivity contribution >= 4 is 33.3 Å². The van der Waals surface area contributed by atoms with Gasteiger partial charge in [-0.3, -0.25) is 9.10 Å². The van der Waals surface area contributed by atoms with Crippen LogP contribution in [0.5, 0.6) is 0 Å². The number of ether oxygens (including phenoxy) is 1. The monoisotopic (exact) mass is 438 g/mol. The summed E-state index contributed by atoms with van der Waals surface area (Å²) in [5.74, 6) is -0.869. The Morgan fingerprint density at radius 2 is 1.45 bits per heavy atom. The van der Waals surface area contributed by atoms with E-state index in [4.69, 9.17) is 0 Å². The molecule has 0 fully saturated rings. The van der Waals surface area contributed by atoms with Crippen LogP contribution in [0.25, 0.3) is 0 Å². The van der Waals surface area contributed by atoms with Crippen molar-refractivity contribution in [3.63, 3.8) is 0 Å². The van der Waals surface area contributed by atoms with E-state index in [0.29, 0.717) is 22.5 Å². The lowest BCUT2D eigenvalue weighted by molar-refractivity contribution is 0.0600. The zero-order valence-corrected chi connectivity index (χ0v) is 17.9. The normalized spacial score (nSPS) is 10.9. The molecule has 3 aromatic carbocycles. The van der Waals surface area contributed by atoms with E-state index in [1.807, 2.05) is 6.07 Å². The third-order valence-electron chi connectivity index (χ3n) is 4.60. The molecule has 0 saturated heterocycles. The highest BCUT2D eigenvalue weighted by atomic mass is 32.2. The number of para-hydroxylation sites is 1. The summed E-state index contributed by atoms with van der Waals surface area (Å²) in [7, 11) is -2.46. The largest absolute Gasteiger partial charge is 0.465 e. The fourth-order valence-corrected chi connectivity index (χ4v) is 4.48. The lowest BCUT2D eigenvalue weighted by Gasteiger charge is -2.23. The lowest BCUT2D eigenvalue weighted by atomic mass is 10.1. The second-order valence-corrected chi connectivity index (χ2v) is 8.42. The van der Waals surface area contributed by atoms with Crippen molar-refractivity contribution in [2.45, 2.75) is 11.8 Å². The zero-order valence-electron chi connectivity index (χ0n) is 17.1. The third-order valence-corrected chi connectivity index (χ3v) is 6.52. The van der Waals surface area contributed by atoms with Gasteiger partial charge >= 0.3 is 5.97 Å². The Labute approximate surface area is 181 Å². The Morgan fingerprint density at radius 1 is 0.871 bits per heavy atom. The van der Waals surface area contributed by atoms with Crippen molar-refractivity contribution in [2.75, 3.05) is 23.3 Å². The molecule has 31 heavy (non-hydrogen) atoms. The maximum Gasteiger partial charge on any atom is 0.337 e. The molecule has 1 amide bonds. The first-order valence-electron chi connectivity index (χ1n) is 9.54. The van der Waals surface area contributed by atoms with E-state index < -0.39 is 16.0 Å². The number of anilines is 2. The fraction of sp³-hybridized carbons (Fsp3) is 0.130. The van der Waals surface area contributed by atoms with E-state index in [1.54, 1.807) is 31.2 Å². The summed E-state index contributed by atoms with van der Waals surface area (Å²) in [4.78, 5) is 24.0. The van der Waals surface area contributed by atoms with E-state index in [-0.39, 0.29) is 17.3 Å². The first kappa shape index (κ1) is 22.0. The summed E-state index contributed by atoms with van der Waals surface area (Å²) in [6, 6.07) is 20.9. The molecule has 0 unspecified atom stereocenters. The maximum atomic E-state index is 13.0. The van der Waals surface area contributed by atoms with Gasteiger partial charge in [-0.1, -0.05) is 18.2 Å². The number of rotatable bonds is 7. The van der Waals surface area contributed by atoms with Gasteiger partial charge in [0, 0.05) is 17.8 Å². The molecule has 0 aliphatic rings. The Kier molecular flexibility index (Phi) is 6.71. The van der Waals surface area contributed by atoms with E-state index in [2.05, 4.69) is 10.1 Å². The van der Waals surface area contributed by atoms with Crippen molar-refractivity contribution in [2.24, 2.45) is 0 Å². The van der Waals surface area contributed by atoms with E-state index in [0.717, 1.165) is 0 Å². The van der Waals surface area contributed by atoms with Gasteiger partial charge in [0.1, 0.15) is 0 Å². The summed E-state index contributed by atoms with van der Waals surface area (Å²) in [5, 5.41) is 2.71. The highest BCUT2D eigenvalue weighted by Gasteiger charge is 2.23. The van der Waals surface area contributed by atoms with Gasteiger partial charge < -0.3 is 10.1 Å². The number of carbonyl (C=O) groups excluding carboxylic acids is 2. The Bertz CT molecular complexity index is 1160. The van der Waals surface area contributed by atoms with Crippen LogP contribution in [-0.2, 0) is 14.8 Å². The molecule has 3 aromatic rings. The van der Waals surface area contributed by atoms with Gasteiger partial charge in [-0.15, -0.1) is 0 Å². The van der Waals surface area contributed by atoms with Gasteiger partial charge in [-0.05, 0) is 67.6 Å². The Balaban J connectivity index is 1.75. The molecule has 0 aliphatic carbocycles. The third kappa shape index (κ3) is 4.92. The van der Waals surface area contributed by atoms with Gasteiger partial charge in [0.05, 0.1) is 23.3 Å². The van der Waals surface area contributed by atoms with Crippen LogP contribution in [0.4, 0.5) is 11.4 Å². The number of benzene rings is 3. The van der Waals surface area contributed by atoms with Crippen LogP contribution < -0.4 is 9.62 Å². The molecule has 0 heterocycles. The zero-order chi connectivity index (χ0) is 22.4. The lowest BCUT2D eigenvalue weighted by Crippen LogP contribution is -2.30. The van der Waals surface area contributed by atoms with Gasteiger partial charge in [0.15, 0.2) is 0 Å². The van der Waals surface area contributed by atoms with Crippen molar-refractivity contribution < 1.29 is 22.7 Å². The van der Waals surface area contributed by atoms with Gasteiger partial charge in [-0.2, -0.15) is 0 Å². The number of hydrogen-bond donors (Lipinski definition) is 1. The number of nitrogens with zero attached hydrogens (tertiary/aromatic N) is 1. The molecule has 8 heteroatoms. The Morgan fingerprint density at radius 3 is 2.00 bits per heavy atom. The molecule has 0 bridgehead atoms. The first-order chi connectivity index (χ1) is 14.9. The molecule has 0 aliphatic heterocycles. The van der Waals surface area contributed by atoms with Crippen LogP contribution in [0.1, 0.15) is 27.6 Å². The molecule has 7 nitrogen and oxygen atoms in total. The number of amides is 1. The predicted molar refractivity (Wildman–Crippen MR) is 119 cm³/mol. The molecule has 1 N–H and O–H groups in total. The quantitative estimate of drug-likeness (QED) is 0.564. The van der Waals surface area contributed by atoms with E-state index >= 15 is 0 Å². The first-order valence-corrected chi connectivity index (χ1v) is 11.0. The topological polar surface area (TPSA) is 92.8 Å². The van der Waals surface area contributed by atoms with Gasteiger partial charge in [-0.25, -0.2) is 13.2 Å². The number of nitrogens with one attached hydrogen (secondary N) is 1. The highest BCUT2D eigenvalue weighted by molar-refractivity contribution is 7.92. The second kappa shape index (κ2) is 9.44.